The van der Waals surface area contributed by atoms with Crippen LogP contribution in [0.1, 0.15) is 5.56 Å². The zero-order valence-corrected chi connectivity index (χ0v) is 13.7. The molecule has 0 radical (unpaired) electrons. The van der Waals surface area contributed by atoms with E-state index >= 15 is 0 Å². The van der Waals surface area contributed by atoms with Crippen molar-refractivity contribution < 1.29 is 18.7 Å². The minimum Gasteiger partial charge on any atom is -0.410 e. The standard InChI is InChI=1S/C19H19FN2O3/c20-16-8-6-15(7-9-16)14-18(23)21-10-12-22(13-11-21)19(24)25-17-4-2-1-3-5-17/h1-9H,10-14H2. The smallest absolute Gasteiger partial charge is 0.410 e. The third kappa shape index (κ3) is 4.56. The van der Waals surface area contributed by atoms with Crippen molar-refractivity contribution >= 4 is 12.0 Å². The maximum absolute atomic E-state index is 12.9. The summed E-state index contributed by atoms with van der Waals surface area (Å²) in [5.74, 6) is 0.159. The summed E-state index contributed by atoms with van der Waals surface area (Å²) < 4.78 is 18.2. The van der Waals surface area contributed by atoms with Crippen molar-refractivity contribution in [3.05, 3.63) is 66.0 Å². The zero-order valence-electron chi connectivity index (χ0n) is 13.7. The molecule has 130 valence electrons. The highest BCUT2D eigenvalue weighted by Gasteiger charge is 2.25. The molecule has 0 saturated carbocycles. The molecule has 0 aromatic heterocycles. The van der Waals surface area contributed by atoms with Crippen LogP contribution in [0.2, 0.25) is 0 Å². The summed E-state index contributed by atoms with van der Waals surface area (Å²) in [5.41, 5.74) is 0.775. The van der Waals surface area contributed by atoms with E-state index in [0.29, 0.717) is 31.9 Å². The summed E-state index contributed by atoms with van der Waals surface area (Å²) in [6.45, 7) is 1.79. The molecule has 2 amide bonds. The van der Waals surface area contributed by atoms with Gasteiger partial charge in [0.15, 0.2) is 0 Å². The largest absolute Gasteiger partial charge is 0.415 e. The lowest BCUT2D eigenvalue weighted by atomic mass is 10.1. The first-order valence-electron chi connectivity index (χ1n) is 8.16. The van der Waals surface area contributed by atoms with Gasteiger partial charge in [0.25, 0.3) is 0 Å². The van der Waals surface area contributed by atoms with Gasteiger partial charge in [-0.3, -0.25) is 4.79 Å². The minimum atomic E-state index is -0.406. The molecule has 5 nitrogen and oxygen atoms in total. The third-order valence-corrected chi connectivity index (χ3v) is 4.11. The zero-order chi connectivity index (χ0) is 17.6. The number of rotatable bonds is 3. The van der Waals surface area contributed by atoms with Gasteiger partial charge >= 0.3 is 6.09 Å². The van der Waals surface area contributed by atoms with Crippen LogP contribution in [0.15, 0.2) is 54.6 Å². The van der Waals surface area contributed by atoms with Crippen LogP contribution >= 0.6 is 0 Å². The Labute approximate surface area is 145 Å². The lowest BCUT2D eigenvalue weighted by molar-refractivity contribution is -0.132. The molecule has 1 aliphatic heterocycles. The Bertz CT molecular complexity index is 726. The molecule has 6 heteroatoms. The second-order valence-electron chi connectivity index (χ2n) is 5.85. The van der Waals surface area contributed by atoms with Crippen LogP contribution in [0.4, 0.5) is 9.18 Å². The molecule has 0 atom stereocenters. The van der Waals surface area contributed by atoms with Gasteiger partial charge in [-0.2, -0.15) is 0 Å². The lowest BCUT2D eigenvalue weighted by Crippen LogP contribution is -2.51. The summed E-state index contributed by atoms with van der Waals surface area (Å²) >= 11 is 0. The Morgan fingerprint density at radius 2 is 1.48 bits per heavy atom. The van der Waals surface area contributed by atoms with Gasteiger partial charge in [-0.25, -0.2) is 9.18 Å². The number of para-hydroxylation sites is 1. The third-order valence-electron chi connectivity index (χ3n) is 4.11. The molecule has 0 aliphatic carbocycles. The van der Waals surface area contributed by atoms with Gasteiger partial charge in [0.05, 0.1) is 6.42 Å². The fourth-order valence-electron chi connectivity index (χ4n) is 2.68. The first-order chi connectivity index (χ1) is 12.1. The Morgan fingerprint density at radius 3 is 2.12 bits per heavy atom. The molecule has 3 rings (SSSR count). The Morgan fingerprint density at radius 1 is 0.880 bits per heavy atom. The van der Waals surface area contributed by atoms with Crippen molar-refractivity contribution in [1.29, 1.82) is 0 Å². The van der Waals surface area contributed by atoms with E-state index in [2.05, 4.69) is 0 Å². The van der Waals surface area contributed by atoms with Gasteiger partial charge < -0.3 is 14.5 Å². The number of hydrogen-bond acceptors (Lipinski definition) is 3. The Hall–Kier alpha value is -2.89. The van der Waals surface area contributed by atoms with E-state index < -0.39 is 6.09 Å². The molecule has 25 heavy (non-hydrogen) atoms. The second kappa shape index (κ2) is 7.79. The number of carbonyl (C=O) groups excluding carboxylic acids is 2. The molecule has 1 aliphatic rings. The average Bonchev–Trinajstić information content (AvgIpc) is 2.64. The predicted octanol–water partition coefficient (Wildman–Crippen LogP) is 2.71. The lowest BCUT2D eigenvalue weighted by Gasteiger charge is -2.34. The summed E-state index contributed by atoms with van der Waals surface area (Å²) in [6.07, 6.45) is -0.175. The van der Waals surface area contributed by atoms with Gasteiger partial charge in [0.2, 0.25) is 5.91 Å². The maximum Gasteiger partial charge on any atom is 0.415 e. The van der Waals surface area contributed by atoms with E-state index in [1.165, 1.54) is 12.1 Å². The predicted molar refractivity (Wildman–Crippen MR) is 90.7 cm³/mol. The van der Waals surface area contributed by atoms with Crippen molar-refractivity contribution in [3.63, 3.8) is 0 Å². The van der Waals surface area contributed by atoms with E-state index in [0.717, 1.165) is 5.56 Å². The van der Waals surface area contributed by atoms with Crippen LogP contribution in [0, 0.1) is 5.82 Å². The van der Waals surface area contributed by atoms with Crippen LogP contribution < -0.4 is 4.74 Å². The molecular formula is C19H19FN2O3. The highest BCUT2D eigenvalue weighted by Crippen LogP contribution is 2.12. The number of ether oxygens (including phenoxy) is 1. The normalized spacial score (nSPS) is 14.3. The average molecular weight is 342 g/mol. The van der Waals surface area contributed by atoms with Gasteiger partial charge in [-0.05, 0) is 29.8 Å². The molecule has 0 bridgehead atoms. The molecule has 1 saturated heterocycles. The number of nitrogens with zero attached hydrogens (tertiary/aromatic N) is 2. The molecule has 1 heterocycles. The van der Waals surface area contributed by atoms with E-state index in [4.69, 9.17) is 4.74 Å². The summed E-state index contributed by atoms with van der Waals surface area (Å²) in [5, 5.41) is 0. The van der Waals surface area contributed by atoms with Crippen LogP contribution in [0.5, 0.6) is 5.75 Å². The number of hydrogen-bond donors (Lipinski definition) is 0. The highest BCUT2D eigenvalue weighted by atomic mass is 19.1. The second-order valence-corrected chi connectivity index (χ2v) is 5.85. The first-order valence-corrected chi connectivity index (χ1v) is 8.16. The Kier molecular flexibility index (Phi) is 5.28. The molecule has 0 N–H and O–H groups in total. The first kappa shape index (κ1) is 17.0. The van der Waals surface area contributed by atoms with Crippen LogP contribution in [0.3, 0.4) is 0 Å². The monoisotopic (exact) mass is 342 g/mol. The summed E-state index contributed by atoms with van der Waals surface area (Å²) in [7, 11) is 0. The van der Waals surface area contributed by atoms with E-state index in [1.54, 1.807) is 46.2 Å². The molecule has 0 spiro atoms. The van der Waals surface area contributed by atoms with Crippen LogP contribution in [0.25, 0.3) is 0 Å². The van der Waals surface area contributed by atoms with Crippen molar-refractivity contribution in [1.82, 2.24) is 9.80 Å². The van der Waals surface area contributed by atoms with Gasteiger partial charge in [-0.15, -0.1) is 0 Å². The quantitative estimate of drug-likeness (QED) is 0.862. The van der Waals surface area contributed by atoms with Crippen LogP contribution in [-0.4, -0.2) is 48.0 Å². The maximum atomic E-state index is 12.9. The number of carbonyl (C=O) groups is 2. The number of benzene rings is 2. The SMILES string of the molecule is O=C(Cc1ccc(F)cc1)N1CCN(C(=O)Oc2ccccc2)CC1. The van der Waals surface area contributed by atoms with E-state index in [1.807, 2.05) is 6.07 Å². The Balaban J connectivity index is 1.48. The summed E-state index contributed by atoms with van der Waals surface area (Å²) in [6, 6.07) is 14.8. The highest BCUT2D eigenvalue weighted by molar-refractivity contribution is 5.79. The molecule has 2 aromatic rings. The van der Waals surface area contributed by atoms with Crippen molar-refractivity contribution in [2.75, 3.05) is 26.2 Å². The van der Waals surface area contributed by atoms with Crippen molar-refractivity contribution in [2.45, 2.75) is 6.42 Å². The van der Waals surface area contributed by atoms with Crippen LogP contribution in [-0.2, 0) is 11.2 Å². The van der Waals surface area contributed by atoms with Crippen molar-refractivity contribution in [3.8, 4) is 5.75 Å². The number of halogens is 1. The molecule has 2 aromatic carbocycles. The van der Waals surface area contributed by atoms with Gasteiger partial charge in [0, 0.05) is 26.2 Å². The fraction of sp³-hybridized carbons (Fsp3) is 0.263. The minimum absolute atomic E-state index is 0.0253. The molecule has 1 fully saturated rings. The van der Waals surface area contributed by atoms with Gasteiger partial charge in [0.1, 0.15) is 11.6 Å². The number of amides is 2. The summed E-state index contributed by atoms with van der Waals surface area (Å²) in [4.78, 5) is 27.8. The topological polar surface area (TPSA) is 49.9 Å². The molecule has 0 unspecified atom stereocenters. The fourth-order valence-corrected chi connectivity index (χ4v) is 2.68. The number of piperazine rings is 1. The van der Waals surface area contributed by atoms with Gasteiger partial charge in [-0.1, -0.05) is 30.3 Å². The van der Waals surface area contributed by atoms with Crippen molar-refractivity contribution in [2.24, 2.45) is 0 Å². The molecular weight excluding hydrogens is 323 g/mol. The van der Waals surface area contributed by atoms with E-state index in [9.17, 15) is 14.0 Å². The van der Waals surface area contributed by atoms with E-state index in [-0.39, 0.29) is 18.1 Å².